The molecule has 2 N–H and O–H groups in total. The molecule has 3 heterocycles. The Balaban J connectivity index is 1.41. The second kappa shape index (κ2) is 8.14. The van der Waals surface area contributed by atoms with Crippen LogP contribution in [0.15, 0.2) is 12.1 Å². The first-order valence-electron chi connectivity index (χ1n) is 10.2. The van der Waals surface area contributed by atoms with Crippen molar-refractivity contribution in [1.82, 2.24) is 15.5 Å². The van der Waals surface area contributed by atoms with E-state index in [-0.39, 0.29) is 18.2 Å². The molecule has 0 aromatic heterocycles. The van der Waals surface area contributed by atoms with Gasteiger partial charge in [-0.2, -0.15) is 0 Å². The average molecular weight is 417 g/mol. The smallest absolute Gasteiger partial charge is 0.322 e. The van der Waals surface area contributed by atoms with Gasteiger partial charge in [-0.15, -0.1) is 0 Å². The normalized spacial score (nSPS) is 22.3. The van der Waals surface area contributed by atoms with Gasteiger partial charge in [0.1, 0.15) is 6.04 Å². The SMILES string of the molecule is COc1cc2c(cc1OC)C1(CCN(C(=O)CC[C@@H]3NC(=O)NC3=O)CC1)OCC2. The molecule has 2 fully saturated rings. The Labute approximate surface area is 175 Å². The van der Waals surface area contributed by atoms with Crippen LogP contribution in [-0.2, 0) is 26.3 Å². The summed E-state index contributed by atoms with van der Waals surface area (Å²) in [6.07, 6.45) is 2.72. The molecule has 9 heteroatoms. The summed E-state index contributed by atoms with van der Waals surface area (Å²) in [6, 6.07) is 2.90. The summed E-state index contributed by atoms with van der Waals surface area (Å²) < 4.78 is 17.2. The number of hydrogen-bond donors (Lipinski definition) is 2. The number of likely N-dealkylation sites (tertiary alicyclic amines) is 1. The van der Waals surface area contributed by atoms with Crippen molar-refractivity contribution in [3.8, 4) is 11.5 Å². The number of benzene rings is 1. The van der Waals surface area contributed by atoms with Crippen LogP contribution in [0.1, 0.15) is 36.8 Å². The van der Waals surface area contributed by atoms with Crippen LogP contribution in [0.4, 0.5) is 4.79 Å². The molecule has 0 radical (unpaired) electrons. The molecular formula is C21H27N3O6. The van der Waals surface area contributed by atoms with E-state index < -0.39 is 17.7 Å². The van der Waals surface area contributed by atoms with Gasteiger partial charge in [0.2, 0.25) is 5.91 Å². The summed E-state index contributed by atoms with van der Waals surface area (Å²) in [6.45, 7) is 1.79. The lowest BCUT2D eigenvalue weighted by Crippen LogP contribution is -2.48. The van der Waals surface area contributed by atoms with Crippen LogP contribution in [0, 0.1) is 0 Å². The van der Waals surface area contributed by atoms with Crippen LogP contribution < -0.4 is 20.1 Å². The highest BCUT2D eigenvalue weighted by atomic mass is 16.5. The molecule has 0 aliphatic carbocycles. The van der Waals surface area contributed by atoms with Crippen LogP contribution in [0.5, 0.6) is 11.5 Å². The highest BCUT2D eigenvalue weighted by molar-refractivity contribution is 6.04. The van der Waals surface area contributed by atoms with Crippen LogP contribution in [0.25, 0.3) is 0 Å². The number of nitrogens with zero attached hydrogens (tertiary/aromatic N) is 1. The number of ether oxygens (including phenoxy) is 3. The van der Waals surface area contributed by atoms with Gasteiger partial charge in [0, 0.05) is 19.5 Å². The average Bonchev–Trinajstić information content (AvgIpc) is 3.08. The summed E-state index contributed by atoms with van der Waals surface area (Å²) in [5.41, 5.74) is 1.88. The van der Waals surface area contributed by atoms with E-state index in [4.69, 9.17) is 14.2 Å². The summed E-state index contributed by atoms with van der Waals surface area (Å²) in [5.74, 6) is 1.00. The first kappa shape index (κ1) is 20.5. The Morgan fingerprint density at radius 2 is 1.90 bits per heavy atom. The zero-order chi connectivity index (χ0) is 21.3. The predicted molar refractivity (Wildman–Crippen MR) is 106 cm³/mol. The van der Waals surface area contributed by atoms with Gasteiger partial charge < -0.3 is 24.4 Å². The highest BCUT2D eigenvalue weighted by Crippen LogP contribution is 2.45. The maximum Gasteiger partial charge on any atom is 0.322 e. The van der Waals surface area contributed by atoms with Gasteiger partial charge >= 0.3 is 6.03 Å². The molecule has 30 heavy (non-hydrogen) atoms. The minimum atomic E-state index is -0.631. The van der Waals surface area contributed by atoms with Crippen molar-refractivity contribution in [3.63, 3.8) is 0 Å². The monoisotopic (exact) mass is 417 g/mol. The van der Waals surface area contributed by atoms with Gasteiger partial charge in [0.15, 0.2) is 11.5 Å². The molecule has 2 saturated heterocycles. The molecule has 0 unspecified atom stereocenters. The molecule has 1 spiro atoms. The lowest BCUT2D eigenvalue weighted by molar-refractivity contribution is -0.141. The number of carbonyl (C=O) groups excluding carboxylic acids is 3. The first-order chi connectivity index (χ1) is 14.5. The van der Waals surface area contributed by atoms with E-state index in [1.807, 2.05) is 17.0 Å². The van der Waals surface area contributed by atoms with E-state index in [0.717, 1.165) is 12.0 Å². The Morgan fingerprint density at radius 1 is 1.20 bits per heavy atom. The van der Waals surface area contributed by atoms with Gasteiger partial charge in [-0.3, -0.25) is 14.9 Å². The summed E-state index contributed by atoms with van der Waals surface area (Å²) in [7, 11) is 3.25. The zero-order valence-electron chi connectivity index (χ0n) is 17.3. The Bertz CT molecular complexity index is 863. The lowest BCUT2D eigenvalue weighted by Gasteiger charge is -2.45. The quantitative estimate of drug-likeness (QED) is 0.695. The number of rotatable bonds is 5. The number of imide groups is 1. The number of nitrogens with one attached hydrogen (secondary N) is 2. The number of carbonyl (C=O) groups is 3. The molecule has 4 amide bonds. The molecule has 0 bridgehead atoms. The summed E-state index contributed by atoms with van der Waals surface area (Å²) in [5, 5.41) is 4.71. The Morgan fingerprint density at radius 3 is 2.53 bits per heavy atom. The molecular weight excluding hydrogens is 390 g/mol. The van der Waals surface area contributed by atoms with Crippen LogP contribution in [0.3, 0.4) is 0 Å². The van der Waals surface area contributed by atoms with E-state index in [1.165, 1.54) is 5.56 Å². The molecule has 3 aliphatic rings. The van der Waals surface area contributed by atoms with Gasteiger partial charge in [0.05, 0.1) is 26.4 Å². The Kier molecular flexibility index (Phi) is 5.55. The number of piperidine rings is 1. The fourth-order valence-corrected chi connectivity index (χ4v) is 4.61. The van der Waals surface area contributed by atoms with E-state index in [2.05, 4.69) is 10.6 Å². The van der Waals surface area contributed by atoms with E-state index in [9.17, 15) is 14.4 Å². The molecule has 9 nitrogen and oxygen atoms in total. The van der Waals surface area contributed by atoms with Gasteiger partial charge in [0.25, 0.3) is 5.91 Å². The standard InChI is InChI=1S/C21H27N3O6/c1-28-16-11-13-5-10-30-21(14(13)12-17(16)29-2)6-8-24(9-7-21)18(25)4-3-15-19(26)23-20(27)22-15/h11-12,15H,3-10H2,1-2H3,(H2,22,23,26,27)/t15-/m0/s1. The maximum absolute atomic E-state index is 12.6. The molecule has 1 atom stereocenters. The third-order valence-corrected chi connectivity index (χ3v) is 6.28. The van der Waals surface area contributed by atoms with Gasteiger partial charge in [-0.05, 0) is 48.9 Å². The molecule has 1 aromatic rings. The number of urea groups is 1. The Hall–Kier alpha value is -2.81. The fourth-order valence-electron chi connectivity index (χ4n) is 4.61. The van der Waals surface area contributed by atoms with Gasteiger partial charge in [-0.1, -0.05) is 0 Å². The second-order valence-corrected chi connectivity index (χ2v) is 7.89. The fraction of sp³-hybridized carbons (Fsp3) is 0.571. The second-order valence-electron chi connectivity index (χ2n) is 7.89. The molecule has 162 valence electrons. The third kappa shape index (κ3) is 3.69. The van der Waals surface area contributed by atoms with E-state index in [0.29, 0.717) is 50.5 Å². The van der Waals surface area contributed by atoms with Crippen molar-refractivity contribution < 1.29 is 28.6 Å². The lowest BCUT2D eigenvalue weighted by atomic mass is 9.79. The van der Waals surface area contributed by atoms with Crippen molar-refractivity contribution in [1.29, 1.82) is 0 Å². The van der Waals surface area contributed by atoms with Crippen molar-refractivity contribution >= 4 is 17.8 Å². The number of fused-ring (bicyclic) bond motifs is 2. The van der Waals surface area contributed by atoms with Gasteiger partial charge in [-0.25, -0.2) is 4.79 Å². The largest absolute Gasteiger partial charge is 0.493 e. The van der Waals surface area contributed by atoms with Crippen molar-refractivity contribution in [2.75, 3.05) is 33.9 Å². The number of hydrogen-bond acceptors (Lipinski definition) is 6. The van der Waals surface area contributed by atoms with Crippen LogP contribution >= 0.6 is 0 Å². The predicted octanol–water partition coefficient (Wildman–Crippen LogP) is 1.08. The number of amides is 4. The summed E-state index contributed by atoms with van der Waals surface area (Å²) >= 11 is 0. The van der Waals surface area contributed by atoms with Crippen LogP contribution in [0.2, 0.25) is 0 Å². The maximum atomic E-state index is 12.6. The molecule has 0 saturated carbocycles. The first-order valence-corrected chi connectivity index (χ1v) is 10.2. The zero-order valence-corrected chi connectivity index (χ0v) is 17.3. The third-order valence-electron chi connectivity index (χ3n) is 6.28. The minimum Gasteiger partial charge on any atom is -0.493 e. The van der Waals surface area contributed by atoms with Crippen molar-refractivity contribution in [3.05, 3.63) is 23.3 Å². The van der Waals surface area contributed by atoms with Crippen molar-refractivity contribution in [2.45, 2.75) is 43.7 Å². The minimum absolute atomic E-state index is 0.0119. The summed E-state index contributed by atoms with van der Waals surface area (Å²) in [4.78, 5) is 37.3. The van der Waals surface area contributed by atoms with Crippen LogP contribution in [-0.4, -0.2) is 62.7 Å². The topological polar surface area (TPSA) is 106 Å². The highest BCUT2D eigenvalue weighted by Gasteiger charge is 2.42. The van der Waals surface area contributed by atoms with E-state index >= 15 is 0 Å². The number of methoxy groups -OCH3 is 2. The van der Waals surface area contributed by atoms with E-state index in [1.54, 1.807) is 14.2 Å². The molecule has 1 aromatic carbocycles. The van der Waals surface area contributed by atoms with Crippen molar-refractivity contribution in [2.24, 2.45) is 0 Å². The molecule has 4 rings (SSSR count). The molecule has 3 aliphatic heterocycles.